The molecule has 1 aliphatic carbocycles. The molecule has 0 spiro atoms. The first kappa shape index (κ1) is 19.3. The quantitative estimate of drug-likeness (QED) is 0.270. The van der Waals surface area contributed by atoms with Crippen molar-refractivity contribution < 1.29 is 20.2 Å². The van der Waals surface area contributed by atoms with Crippen molar-refractivity contribution in [2.75, 3.05) is 5.32 Å². The zero-order valence-electron chi connectivity index (χ0n) is 14.5. The largest absolute Gasteiger partial charge is 0.872 e. The van der Waals surface area contributed by atoms with Crippen LogP contribution in [0.25, 0.3) is 11.4 Å². The Hall–Kier alpha value is -4.48. The second-order valence-corrected chi connectivity index (χ2v) is 5.84. The van der Waals surface area contributed by atoms with Crippen LogP contribution >= 0.6 is 0 Å². The number of hydrogen-bond donors (Lipinski definition) is 4. The maximum atomic E-state index is 12.3. The van der Waals surface area contributed by atoms with Gasteiger partial charge in [-0.25, -0.2) is 4.98 Å². The topological polar surface area (TPSA) is 196 Å². The van der Waals surface area contributed by atoms with E-state index < -0.39 is 33.8 Å². The summed E-state index contributed by atoms with van der Waals surface area (Å²) in [6, 6.07) is 9.15. The Balaban J connectivity index is 1.91. The number of para-hydroxylation sites is 2. The predicted molar refractivity (Wildman–Crippen MR) is 99.0 cm³/mol. The molecular formula is C17H13N5O7-2. The molecule has 0 radical (unpaired) electrons. The number of nitrogens with zero attached hydrogens (tertiary/aromatic N) is 3. The summed E-state index contributed by atoms with van der Waals surface area (Å²) >= 11 is 0. The molecule has 29 heavy (non-hydrogen) atoms. The number of H-pyrrole nitrogens is 1. The van der Waals surface area contributed by atoms with E-state index in [1.165, 1.54) is 42.5 Å². The molecule has 0 aromatic heterocycles. The summed E-state index contributed by atoms with van der Waals surface area (Å²) in [5.74, 6) is -2.27. The van der Waals surface area contributed by atoms with Crippen molar-refractivity contribution >= 4 is 11.4 Å². The van der Waals surface area contributed by atoms with E-state index in [0.29, 0.717) is 0 Å². The third-order valence-electron chi connectivity index (χ3n) is 3.92. The summed E-state index contributed by atoms with van der Waals surface area (Å²) in [7, 11) is 0. The average Bonchev–Trinajstić information content (AvgIpc) is 2.68. The molecule has 1 aliphatic heterocycles. The highest BCUT2D eigenvalue weighted by atomic mass is 16.8. The Bertz CT molecular complexity index is 1150. The van der Waals surface area contributed by atoms with Gasteiger partial charge in [0, 0.05) is 24.6 Å². The minimum Gasteiger partial charge on any atom is -0.872 e. The summed E-state index contributed by atoms with van der Waals surface area (Å²) in [4.78, 5) is 16.3. The van der Waals surface area contributed by atoms with Crippen LogP contribution in [0.3, 0.4) is 0 Å². The Morgan fingerprint density at radius 2 is 1.90 bits per heavy atom. The molecule has 2 aliphatic rings. The standard InChI is InChI=1S/C17H14N5O7/c23-15(17(25)19-11-3-1-2-4-14(11)22(28)29)8-13-16(24)20-12-7-9(21(26)27)5-6-10(12)18-13/h1-7,19-20H,8H2,(H3-,18,23,24,25,26,27)/q-1/p-1. The molecule has 0 fully saturated rings. The van der Waals surface area contributed by atoms with Crippen LogP contribution in [0.15, 0.2) is 54.1 Å². The summed E-state index contributed by atoms with van der Waals surface area (Å²) in [6.07, 6.45) is -0.533. The summed E-state index contributed by atoms with van der Waals surface area (Å²) in [5.41, 5.74) is -0.111. The molecule has 12 nitrogen and oxygen atoms in total. The number of anilines is 1. The van der Waals surface area contributed by atoms with Gasteiger partial charge in [-0.1, -0.05) is 17.9 Å². The van der Waals surface area contributed by atoms with E-state index in [4.69, 9.17) is 0 Å². The summed E-state index contributed by atoms with van der Waals surface area (Å²) < 4.78 is 0. The average molecular weight is 399 g/mol. The van der Waals surface area contributed by atoms with Crippen molar-refractivity contribution in [1.29, 1.82) is 0 Å². The van der Waals surface area contributed by atoms with Crippen molar-refractivity contribution in [2.24, 2.45) is 0 Å². The van der Waals surface area contributed by atoms with Crippen molar-refractivity contribution in [3.8, 4) is 17.3 Å². The highest BCUT2D eigenvalue weighted by Crippen LogP contribution is 2.26. The van der Waals surface area contributed by atoms with Gasteiger partial charge in [0.05, 0.1) is 16.3 Å². The molecule has 0 atom stereocenters. The Morgan fingerprint density at radius 1 is 1.17 bits per heavy atom. The number of aromatic hydroxyl groups is 1. The van der Waals surface area contributed by atoms with E-state index in [1.807, 2.05) is 0 Å². The number of aliphatic hydroxyl groups is 1. The highest BCUT2D eigenvalue weighted by molar-refractivity contribution is 5.63. The van der Waals surface area contributed by atoms with Crippen LogP contribution in [0.1, 0.15) is 5.69 Å². The number of nitro groups is 1. The third kappa shape index (κ3) is 4.10. The fourth-order valence-corrected chi connectivity index (χ4v) is 2.53. The second kappa shape index (κ2) is 7.64. The van der Waals surface area contributed by atoms with Crippen LogP contribution in [-0.2, 0) is 6.42 Å². The van der Waals surface area contributed by atoms with E-state index in [0.717, 1.165) is 0 Å². The van der Waals surface area contributed by atoms with Crippen LogP contribution in [-0.4, -0.2) is 25.1 Å². The lowest BCUT2D eigenvalue weighted by atomic mass is 10.2. The van der Waals surface area contributed by atoms with E-state index in [1.54, 1.807) is 0 Å². The monoisotopic (exact) mass is 399 g/mol. The summed E-state index contributed by atoms with van der Waals surface area (Å²) in [6.45, 7) is 0. The van der Waals surface area contributed by atoms with Gasteiger partial charge >= 0.3 is 0 Å². The molecule has 3 rings (SSSR count). The zero-order chi connectivity index (χ0) is 21.1. The number of benzene rings is 2. The molecule has 0 saturated heterocycles. The first-order chi connectivity index (χ1) is 13.8. The first-order valence-corrected chi connectivity index (χ1v) is 8.05. The van der Waals surface area contributed by atoms with Crippen molar-refractivity contribution in [3.63, 3.8) is 0 Å². The molecule has 0 bridgehead atoms. The molecule has 0 unspecified atom stereocenters. The fourth-order valence-electron chi connectivity index (χ4n) is 2.53. The van der Waals surface area contributed by atoms with Gasteiger partial charge in [-0.2, -0.15) is 4.90 Å². The Morgan fingerprint density at radius 3 is 2.59 bits per heavy atom. The predicted octanol–water partition coefficient (Wildman–Crippen LogP) is 0.638. The van der Waals surface area contributed by atoms with Crippen LogP contribution in [0.4, 0.5) is 11.4 Å². The maximum Gasteiger partial charge on any atom is 0.292 e. The lowest BCUT2D eigenvalue weighted by Gasteiger charge is -2.17. The van der Waals surface area contributed by atoms with Crippen molar-refractivity contribution in [3.05, 3.63) is 85.7 Å². The number of rotatable bonds is 5. The summed E-state index contributed by atoms with van der Waals surface area (Å²) in [5, 5.41) is 67.0. The number of allylic oxidation sites excluding steroid dienone is 1. The van der Waals surface area contributed by atoms with Gasteiger partial charge in [-0.05, 0) is 12.1 Å². The van der Waals surface area contributed by atoms with Gasteiger partial charge in [0.1, 0.15) is 11.4 Å². The number of aromatic nitrogens is 2. The van der Waals surface area contributed by atoms with Crippen LogP contribution in [0.5, 0.6) is 5.88 Å². The van der Waals surface area contributed by atoms with Gasteiger partial charge in [-0.3, -0.25) is 10.1 Å². The molecule has 0 amide bonds. The van der Waals surface area contributed by atoms with Gasteiger partial charge < -0.3 is 36.0 Å². The molecular weight excluding hydrogens is 386 g/mol. The Labute approximate surface area is 162 Å². The van der Waals surface area contributed by atoms with Crippen molar-refractivity contribution in [2.45, 2.75) is 6.42 Å². The first-order valence-electron chi connectivity index (χ1n) is 8.05. The SMILES string of the molecule is O=[N+]([O-])c1ccccc1NC(O)=C([O-])Cc1nc2ccc(=[N+]([O-])[O-])cc-2[nH]c1O. The fraction of sp³-hybridized carbons (Fsp3) is 0.0588. The van der Waals surface area contributed by atoms with Gasteiger partial charge in [0.25, 0.3) is 5.69 Å². The normalized spacial score (nSPS) is 11.7. The van der Waals surface area contributed by atoms with Crippen LogP contribution in [0, 0.1) is 20.5 Å². The molecule has 150 valence electrons. The van der Waals surface area contributed by atoms with Gasteiger partial charge in [0.2, 0.25) is 11.2 Å². The van der Waals surface area contributed by atoms with E-state index in [2.05, 4.69) is 15.3 Å². The smallest absolute Gasteiger partial charge is 0.292 e. The Kier molecular flexibility index (Phi) is 5.08. The van der Waals surface area contributed by atoms with Crippen LogP contribution in [0.2, 0.25) is 0 Å². The molecule has 12 heteroatoms. The van der Waals surface area contributed by atoms with Crippen molar-refractivity contribution in [1.82, 2.24) is 14.9 Å². The van der Waals surface area contributed by atoms with E-state index >= 15 is 0 Å². The van der Waals surface area contributed by atoms with E-state index in [-0.39, 0.29) is 33.8 Å². The number of nitrogens with one attached hydrogen (secondary N) is 2. The van der Waals surface area contributed by atoms with Crippen LogP contribution < -0.4 is 20.7 Å². The number of aliphatic hydroxyl groups excluding tert-OH is 1. The zero-order valence-corrected chi connectivity index (χ0v) is 14.5. The highest BCUT2D eigenvalue weighted by Gasteiger charge is 2.15. The van der Waals surface area contributed by atoms with Gasteiger partial charge in [-0.15, -0.1) is 0 Å². The number of hydrogen-bond acceptors (Lipinski definition) is 9. The van der Waals surface area contributed by atoms with Gasteiger partial charge in [0.15, 0.2) is 5.88 Å². The maximum absolute atomic E-state index is 12.3. The number of fused-ring (bicyclic) bond motifs is 1. The molecule has 1 aromatic carbocycles. The second-order valence-electron chi connectivity index (χ2n) is 5.84. The lowest BCUT2D eigenvalue weighted by molar-refractivity contribution is -0.384. The van der Waals surface area contributed by atoms with E-state index in [9.17, 15) is 35.8 Å². The minimum absolute atomic E-state index is 0.0853. The number of nitro benzene ring substituents is 1. The minimum atomic E-state index is -0.888. The molecule has 0 saturated carbocycles. The molecule has 4 N–H and O–H groups in total. The lowest BCUT2D eigenvalue weighted by Crippen LogP contribution is -2.19. The molecule has 1 heterocycles. The third-order valence-corrected chi connectivity index (χ3v) is 3.92. The molecule has 1 aromatic rings. The number of aromatic amines is 1.